The number of aryl methyl sites for hydroxylation is 2. The number of nitrogens with zero attached hydrogens (tertiary/aromatic N) is 1. The van der Waals surface area contributed by atoms with Crippen LogP contribution in [-0.4, -0.2) is 24.8 Å². The topological polar surface area (TPSA) is 50.7 Å². The highest BCUT2D eigenvalue weighted by Gasteiger charge is 2.24. The normalized spacial score (nSPS) is 14.8. The van der Waals surface area contributed by atoms with E-state index in [4.69, 9.17) is 4.74 Å². The van der Waals surface area contributed by atoms with Gasteiger partial charge in [0.1, 0.15) is 18.1 Å². The van der Waals surface area contributed by atoms with Gasteiger partial charge in [0.2, 0.25) is 0 Å². The van der Waals surface area contributed by atoms with Gasteiger partial charge in [-0.05, 0) is 43.2 Å². The van der Waals surface area contributed by atoms with E-state index in [2.05, 4.69) is 24.2 Å². The van der Waals surface area contributed by atoms with Crippen molar-refractivity contribution in [3.05, 3.63) is 59.2 Å². The van der Waals surface area contributed by atoms with E-state index >= 15 is 0 Å². The second kappa shape index (κ2) is 6.02. The summed E-state index contributed by atoms with van der Waals surface area (Å²) in [5.41, 5.74) is 4.61. The number of anilines is 1. The molecule has 0 aromatic heterocycles. The molecule has 0 spiro atoms. The Morgan fingerprint density at radius 1 is 1.09 bits per heavy atom. The van der Waals surface area contributed by atoms with Crippen molar-refractivity contribution in [3.8, 4) is 5.75 Å². The predicted molar refractivity (Wildman–Crippen MR) is 87.9 cm³/mol. The molecule has 0 bridgehead atoms. The zero-order chi connectivity index (χ0) is 15.5. The molecule has 1 aliphatic rings. The largest absolute Gasteiger partial charge is 0.492 e. The minimum atomic E-state index is -0.146. The van der Waals surface area contributed by atoms with Crippen LogP contribution in [0.2, 0.25) is 0 Å². The Hall–Kier alpha value is -2.62. The average Bonchev–Trinajstić information content (AvgIpc) is 2.83. The fourth-order valence-corrected chi connectivity index (χ4v) is 2.38. The number of carbonyl (C=O) groups excluding carboxylic acids is 1. The molecule has 22 heavy (non-hydrogen) atoms. The van der Waals surface area contributed by atoms with E-state index in [0.29, 0.717) is 18.9 Å². The van der Waals surface area contributed by atoms with Crippen LogP contribution in [0.1, 0.15) is 16.7 Å². The summed E-state index contributed by atoms with van der Waals surface area (Å²) < 4.78 is 5.69. The molecule has 2 aromatic rings. The molecule has 0 saturated heterocycles. The molecule has 112 valence electrons. The molecule has 1 amide bonds. The molecule has 1 N–H and O–H groups in total. The molecule has 4 nitrogen and oxygen atoms in total. The van der Waals surface area contributed by atoms with Gasteiger partial charge >= 0.3 is 0 Å². The van der Waals surface area contributed by atoms with Crippen LogP contribution in [0, 0.1) is 13.8 Å². The van der Waals surface area contributed by atoms with E-state index in [0.717, 1.165) is 17.0 Å². The van der Waals surface area contributed by atoms with Crippen LogP contribution in [-0.2, 0) is 4.79 Å². The third-order valence-corrected chi connectivity index (χ3v) is 3.75. The number of benzene rings is 2. The van der Waals surface area contributed by atoms with E-state index in [1.54, 1.807) is 0 Å². The third kappa shape index (κ3) is 2.86. The highest BCUT2D eigenvalue weighted by Crippen LogP contribution is 2.22. The zero-order valence-electron chi connectivity index (χ0n) is 12.7. The molecular formula is C18H18N2O2. The van der Waals surface area contributed by atoms with Crippen LogP contribution in [0.15, 0.2) is 47.5 Å². The van der Waals surface area contributed by atoms with Crippen LogP contribution >= 0.6 is 0 Å². The summed E-state index contributed by atoms with van der Waals surface area (Å²) >= 11 is 0. The smallest absolute Gasteiger partial charge is 0.274 e. The average molecular weight is 294 g/mol. The molecule has 0 radical (unpaired) electrons. The Kier molecular flexibility index (Phi) is 3.92. The van der Waals surface area contributed by atoms with Crippen molar-refractivity contribution >= 4 is 17.3 Å². The standard InChI is InChI=1S/C18H18N2O2/c1-12-7-8-14(11-13(12)2)22-10-9-19-17-15-5-3-4-6-16(15)20-18(17)21/h3-8,11H,9-10H2,1-2H3,(H,19,20,21). The monoisotopic (exact) mass is 294 g/mol. The number of aliphatic imine (C=N–C) groups is 1. The summed E-state index contributed by atoms with van der Waals surface area (Å²) in [4.78, 5) is 16.3. The number of fused-ring (bicyclic) bond motifs is 1. The highest BCUT2D eigenvalue weighted by atomic mass is 16.5. The van der Waals surface area contributed by atoms with Crippen molar-refractivity contribution in [1.82, 2.24) is 0 Å². The van der Waals surface area contributed by atoms with Crippen molar-refractivity contribution in [3.63, 3.8) is 0 Å². The van der Waals surface area contributed by atoms with Gasteiger partial charge in [-0.3, -0.25) is 9.79 Å². The Morgan fingerprint density at radius 2 is 1.91 bits per heavy atom. The number of hydrogen-bond donors (Lipinski definition) is 1. The lowest BCUT2D eigenvalue weighted by atomic mass is 10.1. The molecule has 0 saturated carbocycles. The molecule has 0 unspecified atom stereocenters. The summed E-state index contributed by atoms with van der Waals surface area (Å²) in [6.45, 7) is 5.02. The molecule has 0 aliphatic carbocycles. The first-order chi connectivity index (χ1) is 10.6. The van der Waals surface area contributed by atoms with Crippen molar-refractivity contribution in [2.24, 2.45) is 4.99 Å². The van der Waals surface area contributed by atoms with Gasteiger partial charge in [-0.15, -0.1) is 0 Å². The number of rotatable bonds is 4. The molecule has 4 heteroatoms. The number of amides is 1. The second-order valence-corrected chi connectivity index (χ2v) is 5.32. The van der Waals surface area contributed by atoms with Crippen molar-refractivity contribution < 1.29 is 9.53 Å². The summed E-state index contributed by atoms with van der Waals surface area (Å²) in [6.07, 6.45) is 0. The second-order valence-electron chi connectivity index (χ2n) is 5.32. The van der Waals surface area contributed by atoms with Gasteiger partial charge in [-0.1, -0.05) is 24.3 Å². The Labute approximate surface area is 129 Å². The van der Waals surface area contributed by atoms with Crippen LogP contribution in [0.3, 0.4) is 0 Å². The minimum absolute atomic E-state index is 0.146. The van der Waals surface area contributed by atoms with E-state index in [-0.39, 0.29) is 5.91 Å². The van der Waals surface area contributed by atoms with Gasteiger partial charge < -0.3 is 10.1 Å². The first-order valence-corrected chi connectivity index (χ1v) is 7.30. The lowest BCUT2D eigenvalue weighted by Crippen LogP contribution is -2.16. The number of carbonyl (C=O) groups is 1. The lowest BCUT2D eigenvalue weighted by molar-refractivity contribution is -0.110. The predicted octanol–water partition coefficient (Wildman–Crippen LogP) is 3.12. The molecule has 0 fully saturated rings. The van der Waals surface area contributed by atoms with Gasteiger partial charge in [-0.2, -0.15) is 0 Å². The van der Waals surface area contributed by atoms with Crippen LogP contribution in [0.25, 0.3) is 0 Å². The fourth-order valence-electron chi connectivity index (χ4n) is 2.38. The van der Waals surface area contributed by atoms with Gasteiger partial charge in [0.05, 0.1) is 12.2 Å². The van der Waals surface area contributed by atoms with E-state index in [9.17, 15) is 4.79 Å². The zero-order valence-corrected chi connectivity index (χ0v) is 12.7. The lowest BCUT2D eigenvalue weighted by Gasteiger charge is -2.07. The fraction of sp³-hybridized carbons (Fsp3) is 0.222. The number of hydrogen-bond acceptors (Lipinski definition) is 3. The summed E-state index contributed by atoms with van der Waals surface area (Å²) in [5, 5.41) is 2.81. The van der Waals surface area contributed by atoms with Gasteiger partial charge in [0.25, 0.3) is 5.91 Å². The Morgan fingerprint density at radius 3 is 2.73 bits per heavy atom. The van der Waals surface area contributed by atoms with Crippen LogP contribution in [0.4, 0.5) is 5.69 Å². The first kappa shape index (κ1) is 14.3. The maximum absolute atomic E-state index is 11.9. The van der Waals surface area contributed by atoms with E-state index in [1.807, 2.05) is 42.5 Å². The summed E-state index contributed by atoms with van der Waals surface area (Å²) in [6, 6.07) is 13.6. The third-order valence-electron chi connectivity index (χ3n) is 3.75. The number of para-hydroxylation sites is 1. The maximum atomic E-state index is 11.9. The first-order valence-electron chi connectivity index (χ1n) is 7.30. The van der Waals surface area contributed by atoms with Crippen molar-refractivity contribution in [1.29, 1.82) is 0 Å². The molecule has 2 aromatic carbocycles. The molecule has 0 atom stereocenters. The highest BCUT2D eigenvalue weighted by molar-refractivity contribution is 6.53. The van der Waals surface area contributed by atoms with Crippen molar-refractivity contribution in [2.45, 2.75) is 13.8 Å². The van der Waals surface area contributed by atoms with Gasteiger partial charge in [0.15, 0.2) is 0 Å². The molecule has 1 aliphatic heterocycles. The van der Waals surface area contributed by atoms with Crippen LogP contribution in [0.5, 0.6) is 5.75 Å². The molecule has 3 rings (SSSR count). The quantitative estimate of drug-likeness (QED) is 0.881. The van der Waals surface area contributed by atoms with Crippen molar-refractivity contribution in [2.75, 3.05) is 18.5 Å². The minimum Gasteiger partial charge on any atom is -0.492 e. The molecular weight excluding hydrogens is 276 g/mol. The summed E-state index contributed by atoms with van der Waals surface area (Å²) in [5.74, 6) is 0.687. The Balaban J connectivity index is 1.63. The van der Waals surface area contributed by atoms with E-state index in [1.165, 1.54) is 11.1 Å². The maximum Gasteiger partial charge on any atom is 0.274 e. The van der Waals surface area contributed by atoms with Gasteiger partial charge in [0, 0.05) is 5.56 Å². The van der Waals surface area contributed by atoms with Crippen LogP contribution < -0.4 is 10.1 Å². The number of ether oxygens (including phenoxy) is 1. The van der Waals surface area contributed by atoms with E-state index < -0.39 is 0 Å². The van der Waals surface area contributed by atoms with Gasteiger partial charge in [-0.25, -0.2) is 0 Å². The summed E-state index contributed by atoms with van der Waals surface area (Å²) in [7, 11) is 0. The molecule has 1 heterocycles. The Bertz CT molecular complexity index is 751. The SMILES string of the molecule is Cc1ccc(OCCN=C2C(=O)Nc3ccccc32)cc1C. The number of nitrogens with one attached hydrogen (secondary N) is 1.